The summed E-state index contributed by atoms with van der Waals surface area (Å²) in [7, 11) is 0. The van der Waals surface area contributed by atoms with Gasteiger partial charge in [-0.3, -0.25) is 0 Å². The standard InChI is InChI=1S/C20H16F4/c1-11-3-2-4-13-12(11)5-6-15-14(13)7-8-17-16(15)9-10-18(21)19(17)20(22,23)24/h5-11H,2-4H2,1H3. The van der Waals surface area contributed by atoms with E-state index in [-0.39, 0.29) is 5.39 Å². The van der Waals surface area contributed by atoms with E-state index in [0.717, 1.165) is 36.1 Å². The number of fused-ring (bicyclic) bond motifs is 5. The Kier molecular flexibility index (Phi) is 3.34. The fourth-order valence-corrected chi connectivity index (χ4v) is 4.04. The first-order valence-electron chi connectivity index (χ1n) is 8.12. The largest absolute Gasteiger partial charge is 0.419 e. The van der Waals surface area contributed by atoms with Gasteiger partial charge in [0.05, 0.1) is 5.56 Å². The fraction of sp³-hybridized carbons (Fsp3) is 0.300. The Bertz CT molecular complexity index is 953. The van der Waals surface area contributed by atoms with Crippen molar-refractivity contribution in [1.29, 1.82) is 0 Å². The molecule has 4 rings (SSSR count). The number of rotatable bonds is 0. The normalized spacial score (nSPS) is 18.1. The fourth-order valence-electron chi connectivity index (χ4n) is 4.04. The van der Waals surface area contributed by atoms with Gasteiger partial charge in [0.25, 0.3) is 0 Å². The number of hydrogen-bond donors (Lipinski definition) is 0. The van der Waals surface area contributed by atoms with E-state index in [1.807, 2.05) is 12.1 Å². The molecule has 0 heterocycles. The molecule has 0 radical (unpaired) electrons. The smallest absolute Gasteiger partial charge is 0.206 e. The predicted molar refractivity (Wildman–Crippen MR) is 87.8 cm³/mol. The number of alkyl halides is 3. The Morgan fingerprint density at radius 2 is 1.50 bits per heavy atom. The number of hydrogen-bond acceptors (Lipinski definition) is 0. The van der Waals surface area contributed by atoms with E-state index in [1.165, 1.54) is 23.3 Å². The van der Waals surface area contributed by atoms with Gasteiger partial charge >= 0.3 is 6.18 Å². The van der Waals surface area contributed by atoms with Crippen molar-refractivity contribution in [2.75, 3.05) is 0 Å². The second-order valence-electron chi connectivity index (χ2n) is 6.60. The quantitative estimate of drug-likeness (QED) is 0.322. The van der Waals surface area contributed by atoms with Crippen LogP contribution in [0.5, 0.6) is 0 Å². The molecule has 0 fully saturated rings. The Labute approximate surface area is 137 Å². The van der Waals surface area contributed by atoms with Crippen LogP contribution in [0.1, 0.15) is 42.4 Å². The summed E-state index contributed by atoms with van der Waals surface area (Å²) in [5.41, 5.74) is 1.34. The summed E-state index contributed by atoms with van der Waals surface area (Å²) in [6.45, 7) is 2.18. The van der Waals surface area contributed by atoms with Gasteiger partial charge in [0.2, 0.25) is 0 Å². The van der Waals surface area contributed by atoms with Crippen LogP contribution in [0.4, 0.5) is 17.6 Å². The van der Waals surface area contributed by atoms with Crippen molar-refractivity contribution in [2.45, 2.75) is 38.3 Å². The predicted octanol–water partition coefficient (Wildman–Crippen LogP) is 6.59. The van der Waals surface area contributed by atoms with Crippen molar-refractivity contribution in [3.8, 4) is 0 Å². The van der Waals surface area contributed by atoms with E-state index in [9.17, 15) is 17.6 Å². The Morgan fingerprint density at radius 3 is 2.25 bits per heavy atom. The molecule has 0 spiro atoms. The lowest BCUT2D eigenvalue weighted by atomic mass is 9.81. The molecular weight excluding hydrogens is 316 g/mol. The zero-order chi connectivity index (χ0) is 17.1. The lowest BCUT2D eigenvalue weighted by Gasteiger charge is -2.24. The van der Waals surface area contributed by atoms with E-state index in [4.69, 9.17) is 0 Å². The third-order valence-corrected chi connectivity index (χ3v) is 5.17. The summed E-state index contributed by atoms with van der Waals surface area (Å²) >= 11 is 0. The maximum Gasteiger partial charge on any atom is 0.419 e. The first kappa shape index (κ1) is 15.4. The molecule has 0 aromatic heterocycles. The lowest BCUT2D eigenvalue weighted by molar-refractivity contribution is -0.138. The molecule has 1 atom stereocenters. The third kappa shape index (κ3) is 2.20. The van der Waals surface area contributed by atoms with Gasteiger partial charge in [0.15, 0.2) is 0 Å². The van der Waals surface area contributed by atoms with Crippen LogP contribution in [0.15, 0.2) is 36.4 Å². The Hall–Kier alpha value is -2.10. The summed E-state index contributed by atoms with van der Waals surface area (Å²) < 4.78 is 53.6. The summed E-state index contributed by atoms with van der Waals surface area (Å²) in [4.78, 5) is 0. The SMILES string of the molecule is CC1CCCc2c1ccc1c2ccc2c(C(F)(F)F)c(F)ccc21. The van der Waals surface area contributed by atoms with E-state index >= 15 is 0 Å². The molecule has 0 bridgehead atoms. The minimum atomic E-state index is -4.71. The average Bonchev–Trinajstić information content (AvgIpc) is 2.52. The summed E-state index contributed by atoms with van der Waals surface area (Å²) in [5.74, 6) is -0.756. The maximum absolute atomic E-state index is 13.8. The van der Waals surface area contributed by atoms with Crippen molar-refractivity contribution in [3.05, 3.63) is 58.9 Å². The molecule has 0 saturated heterocycles. The number of halogens is 4. The van der Waals surface area contributed by atoms with Gasteiger partial charge in [-0.05, 0) is 63.9 Å². The van der Waals surface area contributed by atoms with Gasteiger partial charge in [-0.1, -0.05) is 37.3 Å². The van der Waals surface area contributed by atoms with E-state index in [0.29, 0.717) is 11.3 Å². The molecule has 0 amide bonds. The van der Waals surface area contributed by atoms with Crippen LogP contribution < -0.4 is 0 Å². The van der Waals surface area contributed by atoms with Crippen LogP contribution in [0.25, 0.3) is 21.5 Å². The van der Waals surface area contributed by atoms with E-state index < -0.39 is 17.6 Å². The minimum Gasteiger partial charge on any atom is -0.206 e. The van der Waals surface area contributed by atoms with E-state index in [1.54, 1.807) is 6.07 Å². The summed E-state index contributed by atoms with van der Waals surface area (Å²) in [6.07, 6.45) is -1.55. The summed E-state index contributed by atoms with van der Waals surface area (Å²) in [5, 5.41) is 2.15. The molecule has 0 aliphatic heterocycles. The van der Waals surface area contributed by atoms with Crippen molar-refractivity contribution < 1.29 is 17.6 Å². The third-order valence-electron chi connectivity index (χ3n) is 5.17. The number of benzene rings is 3. The van der Waals surface area contributed by atoms with Crippen molar-refractivity contribution in [3.63, 3.8) is 0 Å². The zero-order valence-corrected chi connectivity index (χ0v) is 13.2. The van der Waals surface area contributed by atoms with Crippen LogP contribution in [-0.4, -0.2) is 0 Å². The molecule has 0 nitrogen and oxygen atoms in total. The van der Waals surface area contributed by atoms with Crippen LogP contribution in [-0.2, 0) is 12.6 Å². The van der Waals surface area contributed by atoms with Crippen molar-refractivity contribution in [2.24, 2.45) is 0 Å². The lowest BCUT2D eigenvalue weighted by Crippen LogP contribution is -2.10. The molecule has 0 N–H and O–H groups in total. The summed E-state index contributed by atoms with van der Waals surface area (Å²) in [6, 6.07) is 9.44. The maximum atomic E-state index is 13.8. The molecular formula is C20H16F4. The average molecular weight is 332 g/mol. The molecule has 1 aliphatic rings. The molecule has 3 aromatic rings. The number of aryl methyl sites for hydroxylation is 1. The van der Waals surface area contributed by atoms with Gasteiger partial charge < -0.3 is 0 Å². The van der Waals surface area contributed by atoms with Gasteiger partial charge in [0, 0.05) is 0 Å². The van der Waals surface area contributed by atoms with Crippen LogP contribution in [0, 0.1) is 5.82 Å². The van der Waals surface area contributed by atoms with Crippen LogP contribution >= 0.6 is 0 Å². The minimum absolute atomic E-state index is 0.0705. The van der Waals surface area contributed by atoms with Crippen LogP contribution in [0.2, 0.25) is 0 Å². The second kappa shape index (κ2) is 5.20. The van der Waals surface area contributed by atoms with Gasteiger partial charge in [-0.2, -0.15) is 13.2 Å². The highest BCUT2D eigenvalue weighted by Gasteiger charge is 2.36. The second-order valence-corrected chi connectivity index (χ2v) is 6.60. The molecule has 3 aromatic carbocycles. The van der Waals surface area contributed by atoms with Gasteiger partial charge in [-0.25, -0.2) is 4.39 Å². The van der Waals surface area contributed by atoms with Crippen LogP contribution in [0.3, 0.4) is 0 Å². The Morgan fingerprint density at radius 1 is 0.875 bits per heavy atom. The van der Waals surface area contributed by atoms with Gasteiger partial charge in [0.1, 0.15) is 5.82 Å². The first-order chi connectivity index (χ1) is 11.4. The molecule has 1 aliphatic carbocycles. The highest BCUT2D eigenvalue weighted by Crippen LogP contribution is 2.41. The molecule has 24 heavy (non-hydrogen) atoms. The molecule has 4 heteroatoms. The first-order valence-corrected chi connectivity index (χ1v) is 8.12. The topological polar surface area (TPSA) is 0 Å². The Balaban J connectivity index is 2.10. The van der Waals surface area contributed by atoms with Crippen molar-refractivity contribution in [1.82, 2.24) is 0 Å². The zero-order valence-electron chi connectivity index (χ0n) is 13.2. The van der Waals surface area contributed by atoms with Crippen molar-refractivity contribution >= 4 is 21.5 Å². The molecule has 124 valence electrons. The molecule has 1 unspecified atom stereocenters. The van der Waals surface area contributed by atoms with Gasteiger partial charge in [-0.15, -0.1) is 0 Å². The van der Waals surface area contributed by atoms with E-state index in [2.05, 4.69) is 6.92 Å². The highest BCUT2D eigenvalue weighted by molar-refractivity contribution is 6.10. The molecule has 0 saturated carbocycles. The monoisotopic (exact) mass is 332 g/mol. The highest BCUT2D eigenvalue weighted by atomic mass is 19.4.